The molecule has 2 fully saturated rings. The third kappa shape index (κ3) is 2.63. The molecular weight excluding hydrogens is 228 g/mol. The third-order valence-electron chi connectivity index (χ3n) is 4.18. The van der Waals surface area contributed by atoms with E-state index in [0.717, 1.165) is 32.5 Å². The summed E-state index contributed by atoms with van der Waals surface area (Å²) in [6.07, 6.45) is 2.13. The minimum Gasteiger partial charge on any atom is -0.447 e. The average Bonchev–Trinajstić information content (AvgIpc) is 2.58. The molecule has 0 spiro atoms. The molecule has 0 saturated carbocycles. The van der Waals surface area contributed by atoms with Crippen molar-refractivity contribution in [1.29, 1.82) is 0 Å². The number of hydrogen-bond donors (Lipinski definition) is 1. The van der Waals surface area contributed by atoms with Crippen LogP contribution < -0.4 is 5.32 Å². The Morgan fingerprint density at radius 2 is 2.00 bits per heavy atom. The minimum atomic E-state index is -0.133. The lowest BCUT2D eigenvalue weighted by Gasteiger charge is -2.43. The molecule has 0 aromatic heterocycles. The summed E-state index contributed by atoms with van der Waals surface area (Å²) in [4.78, 5) is 14.0. The molecule has 1 amide bonds. The lowest BCUT2D eigenvalue weighted by molar-refractivity contribution is 0.0709. The topological polar surface area (TPSA) is 41.6 Å². The fraction of sp³-hybridized carbons (Fsp3) is 0.929. The van der Waals surface area contributed by atoms with Crippen molar-refractivity contribution < 1.29 is 9.53 Å². The molecule has 0 aliphatic carbocycles. The number of nitrogens with one attached hydrogen (secondary N) is 1. The molecule has 2 aliphatic heterocycles. The Morgan fingerprint density at radius 3 is 2.56 bits per heavy atom. The van der Waals surface area contributed by atoms with E-state index in [4.69, 9.17) is 4.74 Å². The van der Waals surface area contributed by atoms with Crippen LogP contribution in [0.2, 0.25) is 0 Å². The quantitative estimate of drug-likeness (QED) is 0.821. The third-order valence-corrected chi connectivity index (χ3v) is 4.18. The highest BCUT2D eigenvalue weighted by atomic mass is 16.6. The number of piperidine rings is 1. The first kappa shape index (κ1) is 13.7. The largest absolute Gasteiger partial charge is 0.447 e. The summed E-state index contributed by atoms with van der Waals surface area (Å²) < 4.78 is 5.35. The van der Waals surface area contributed by atoms with Gasteiger partial charge in [-0.15, -0.1) is 0 Å². The van der Waals surface area contributed by atoms with E-state index in [1.807, 2.05) is 4.90 Å². The van der Waals surface area contributed by atoms with Gasteiger partial charge < -0.3 is 10.1 Å². The first-order chi connectivity index (χ1) is 8.33. The fourth-order valence-electron chi connectivity index (χ4n) is 3.07. The van der Waals surface area contributed by atoms with Crippen LogP contribution >= 0.6 is 0 Å². The van der Waals surface area contributed by atoms with Crippen molar-refractivity contribution in [3.8, 4) is 0 Å². The summed E-state index contributed by atoms with van der Waals surface area (Å²) >= 11 is 0. The van der Waals surface area contributed by atoms with Crippen molar-refractivity contribution in [2.75, 3.05) is 26.2 Å². The van der Waals surface area contributed by atoms with Gasteiger partial charge in [0.15, 0.2) is 0 Å². The smallest absolute Gasteiger partial charge is 0.410 e. The van der Waals surface area contributed by atoms with Gasteiger partial charge in [0, 0.05) is 6.54 Å². The van der Waals surface area contributed by atoms with Gasteiger partial charge in [0.1, 0.15) is 6.61 Å². The van der Waals surface area contributed by atoms with Gasteiger partial charge in [-0.2, -0.15) is 0 Å². The Morgan fingerprint density at radius 1 is 1.39 bits per heavy atom. The van der Waals surface area contributed by atoms with Crippen molar-refractivity contribution >= 4 is 6.09 Å². The van der Waals surface area contributed by atoms with Crippen molar-refractivity contribution in [1.82, 2.24) is 10.2 Å². The molecule has 18 heavy (non-hydrogen) atoms. The zero-order chi connectivity index (χ0) is 13.4. The molecule has 0 aromatic rings. The summed E-state index contributed by atoms with van der Waals surface area (Å²) in [5, 5.41) is 3.39. The Hall–Kier alpha value is -0.770. The van der Waals surface area contributed by atoms with Gasteiger partial charge in [-0.05, 0) is 44.2 Å². The predicted octanol–water partition coefficient (Wildman–Crippen LogP) is 2.24. The lowest BCUT2D eigenvalue weighted by Crippen LogP contribution is -2.55. The Bertz CT molecular complexity index is 318. The molecule has 1 atom stereocenters. The molecule has 4 nitrogen and oxygen atoms in total. The van der Waals surface area contributed by atoms with Crippen LogP contribution in [0.4, 0.5) is 4.79 Å². The van der Waals surface area contributed by atoms with Crippen LogP contribution in [0.5, 0.6) is 0 Å². The SMILES string of the molecule is CC(C)(C)CN1C(=O)OCC1(C)C1CCNCC1. The molecule has 4 heteroatoms. The normalized spacial score (nSPS) is 30.7. The molecule has 2 saturated heterocycles. The number of carbonyl (C=O) groups excluding carboxylic acids is 1. The Labute approximate surface area is 110 Å². The fourth-order valence-corrected chi connectivity index (χ4v) is 3.07. The van der Waals surface area contributed by atoms with Crippen LogP contribution in [-0.2, 0) is 4.74 Å². The zero-order valence-corrected chi connectivity index (χ0v) is 12.1. The van der Waals surface area contributed by atoms with Crippen LogP contribution in [0.25, 0.3) is 0 Å². The van der Waals surface area contributed by atoms with Crippen LogP contribution in [0.1, 0.15) is 40.5 Å². The van der Waals surface area contributed by atoms with Crippen LogP contribution in [-0.4, -0.2) is 42.8 Å². The summed E-state index contributed by atoms with van der Waals surface area (Å²) in [6, 6.07) is 0. The molecular formula is C14H26N2O2. The van der Waals surface area contributed by atoms with Crippen LogP contribution in [0.15, 0.2) is 0 Å². The van der Waals surface area contributed by atoms with Gasteiger partial charge in [-0.25, -0.2) is 4.79 Å². The molecule has 104 valence electrons. The maximum absolute atomic E-state index is 12.0. The van der Waals surface area contributed by atoms with Crippen molar-refractivity contribution in [3.63, 3.8) is 0 Å². The van der Waals surface area contributed by atoms with Crippen molar-refractivity contribution in [3.05, 3.63) is 0 Å². The second-order valence-electron chi connectivity index (χ2n) is 7.08. The first-order valence-corrected chi connectivity index (χ1v) is 6.98. The maximum Gasteiger partial charge on any atom is 0.410 e. The number of ether oxygens (including phenoxy) is 1. The van der Waals surface area contributed by atoms with E-state index in [2.05, 4.69) is 33.0 Å². The minimum absolute atomic E-state index is 0.109. The second kappa shape index (κ2) is 4.72. The maximum atomic E-state index is 12.0. The highest BCUT2D eigenvalue weighted by molar-refractivity contribution is 5.71. The molecule has 1 unspecified atom stereocenters. The molecule has 0 bridgehead atoms. The van der Waals surface area contributed by atoms with Crippen LogP contribution in [0.3, 0.4) is 0 Å². The van der Waals surface area contributed by atoms with Gasteiger partial charge >= 0.3 is 6.09 Å². The molecule has 2 heterocycles. The monoisotopic (exact) mass is 254 g/mol. The lowest BCUT2D eigenvalue weighted by atomic mass is 9.78. The zero-order valence-electron chi connectivity index (χ0n) is 12.1. The van der Waals surface area contributed by atoms with E-state index in [1.54, 1.807) is 0 Å². The van der Waals surface area contributed by atoms with Gasteiger partial charge in [0.2, 0.25) is 0 Å². The van der Waals surface area contributed by atoms with Crippen molar-refractivity contribution in [2.45, 2.75) is 46.1 Å². The second-order valence-corrected chi connectivity index (χ2v) is 7.08. The number of hydrogen-bond acceptors (Lipinski definition) is 3. The summed E-state index contributed by atoms with van der Waals surface area (Å²) in [5.74, 6) is 0.549. The van der Waals surface area contributed by atoms with E-state index in [1.165, 1.54) is 0 Å². The van der Waals surface area contributed by atoms with E-state index in [9.17, 15) is 4.79 Å². The summed E-state index contributed by atoms with van der Waals surface area (Å²) in [5.41, 5.74) is -0.00992. The highest BCUT2D eigenvalue weighted by Crippen LogP contribution is 2.38. The summed E-state index contributed by atoms with van der Waals surface area (Å²) in [7, 11) is 0. The first-order valence-electron chi connectivity index (χ1n) is 6.98. The van der Waals surface area contributed by atoms with Gasteiger partial charge in [-0.1, -0.05) is 20.8 Å². The number of rotatable bonds is 2. The number of nitrogens with zero attached hydrogens (tertiary/aromatic N) is 1. The number of amides is 1. The highest BCUT2D eigenvalue weighted by Gasteiger charge is 2.49. The van der Waals surface area contributed by atoms with E-state index in [0.29, 0.717) is 12.5 Å². The molecule has 2 rings (SSSR count). The molecule has 0 aromatic carbocycles. The number of cyclic esters (lactones) is 1. The Kier molecular flexibility index (Phi) is 3.58. The van der Waals surface area contributed by atoms with Crippen molar-refractivity contribution in [2.24, 2.45) is 11.3 Å². The molecule has 2 aliphatic rings. The van der Waals surface area contributed by atoms with Gasteiger partial charge in [0.05, 0.1) is 5.54 Å². The van der Waals surface area contributed by atoms with Gasteiger partial charge in [-0.3, -0.25) is 4.90 Å². The van der Waals surface area contributed by atoms with E-state index < -0.39 is 0 Å². The predicted molar refractivity (Wildman–Crippen MR) is 71.5 cm³/mol. The van der Waals surface area contributed by atoms with Gasteiger partial charge in [0.25, 0.3) is 0 Å². The van der Waals surface area contributed by atoms with Crippen LogP contribution in [0, 0.1) is 11.3 Å². The summed E-state index contributed by atoms with van der Waals surface area (Å²) in [6.45, 7) is 12.1. The van der Waals surface area contributed by atoms with E-state index in [-0.39, 0.29) is 17.0 Å². The number of carbonyl (C=O) groups is 1. The standard InChI is InChI=1S/C14H26N2O2/c1-13(2,3)9-16-12(17)18-10-14(16,4)11-5-7-15-8-6-11/h11,15H,5-10H2,1-4H3. The Balaban J connectivity index is 2.15. The average molecular weight is 254 g/mol. The molecule has 0 radical (unpaired) electrons. The van der Waals surface area contributed by atoms with E-state index >= 15 is 0 Å². The molecule has 1 N–H and O–H groups in total.